The van der Waals surface area contributed by atoms with Gasteiger partial charge in [-0.1, -0.05) is 35.5 Å². The molecule has 1 N–H and O–H groups in total. The van der Waals surface area contributed by atoms with Crippen molar-refractivity contribution >= 4 is 11.6 Å². The van der Waals surface area contributed by atoms with Gasteiger partial charge >= 0.3 is 5.97 Å². The minimum atomic E-state index is -0.621. The number of benzene rings is 1. The van der Waals surface area contributed by atoms with E-state index in [0.29, 0.717) is 28.0 Å². The number of aromatic amines is 1. The topological polar surface area (TPSA) is 102 Å². The first-order valence-corrected chi connectivity index (χ1v) is 7.81. The Morgan fingerprint density at radius 2 is 1.96 bits per heavy atom. The second kappa shape index (κ2) is 5.99. The van der Waals surface area contributed by atoms with Gasteiger partial charge in [-0.2, -0.15) is 9.61 Å². The minimum absolute atomic E-state index is 0.0638. The molecule has 8 nitrogen and oxygen atoms in total. The molecule has 3 aromatic heterocycles. The number of H-pyrrole nitrogens is 1. The first-order chi connectivity index (χ1) is 12.6. The molecule has 4 rings (SSSR count). The summed E-state index contributed by atoms with van der Waals surface area (Å²) in [6.45, 7) is 1.77. The molecule has 0 amide bonds. The quantitative estimate of drug-likeness (QED) is 0.569. The zero-order chi connectivity index (χ0) is 18.3. The number of carbonyl (C=O) groups is 1. The highest BCUT2D eigenvalue weighted by Gasteiger charge is 2.25. The van der Waals surface area contributed by atoms with Crippen molar-refractivity contribution in [1.29, 1.82) is 0 Å². The molecule has 0 bridgehead atoms. The summed E-state index contributed by atoms with van der Waals surface area (Å²) in [7, 11) is 1.27. The third-order valence-corrected chi connectivity index (χ3v) is 4.13. The van der Waals surface area contributed by atoms with Crippen molar-refractivity contribution in [2.45, 2.75) is 6.92 Å². The second-order valence-electron chi connectivity index (χ2n) is 5.68. The predicted octanol–water partition coefficient (Wildman–Crippen LogP) is 2.44. The Morgan fingerprint density at radius 1 is 1.19 bits per heavy atom. The lowest BCUT2D eigenvalue weighted by Crippen LogP contribution is -2.19. The molecule has 130 valence electrons. The van der Waals surface area contributed by atoms with Gasteiger partial charge in [-0.25, -0.2) is 4.79 Å². The van der Waals surface area contributed by atoms with E-state index in [1.165, 1.54) is 24.1 Å². The van der Waals surface area contributed by atoms with E-state index >= 15 is 0 Å². The fraction of sp³-hybridized carbons (Fsp3) is 0.111. The van der Waals surface area contributed by atoms with Crippen molar-refractivity contribution in [2.75, 3.05) is 7.11 Å². The van der Waals surface area contributed by atoms with Gasteiger partial charge in [-0.15, -0.1) is 0 Å². The van der Waals surface area contributed by atoms with Gasteiger partial charge in [0.1, 0.15) is 11.9 Å². The number of nitrogens with one attached hydrogen (secondary N) is 1. The normalized spacial score (nSPS) is 11.0. The number of aromatic nitrogens is 4. The van der Waals surface area contributed by atoms with Crippen molar-refractivity contribution in [3.63, 3.8) is 0 Å². The molecule has 0 radical (unpaired) electrons. The Morgan fingerprint density at radius 3 is 2.62 bits per heavy atom. The molecule has 0 atom stereocenters. The molecule has 0 aliphatic carbocycles. The Bertz CT molecular complexity index is 1160. The molecule has 8 heteroatoms. The fourth-order valence-electron chi connectivity index (χ4n) is 2.97. The van der Waals surface area contributed by atoms with Crippen molar-refractivity contribution in [3.8, 4) is 22.3 Å². The highest BCUT2D eigenvalue weighted by atomic mass is 16.5. The summed E-state index contributed by atoms with van der Waals surface area (Å²) in [5, 5.41) is 7.86. The number of nitrogens with zero attached hydrogens (tertiary/aromatic N) is 3. The monoisotopic (exact) mass is 350 g/mol. The number of hydrogen-bond donors (Lipinski definition) is 1. The van der Waals surface area contributed by atoms with E-state index in [4.69, 9.17) is 9.26 Å². The number of esters is 1. The lowest BCUT2D eigenvalue weighted by molar-refractivity contribution is 0.0594. The number of ether oxygens (including phenoxy) is 1. The molecule has 26 heavy (non-hydrogen) atoms. The highest BCUT2D eigenvalue weighted by molar-refractivity contribution is 5.99. The average Bonchev–Trinajstić information content (AvgIpc) is 3.30. The summed E-state index contributed by atoms with van der Waals surface area (Å²) in [6.07, 6.45) is 2.83. The number of methoxy groups -OCH3 is 1. The van der Waals surface area contributed by atoms with Gasteiger partial charge in [0.15, 0.2) is 5.69 Å². The molecule has 0 unspecified atom stereocenters. The van der Waals surface area contributed by atoms with Crippen LogP contribution in [0.15, 0.2) is 52.1 Å². The zero-order valence-electron chi connectivity index (χ0n) is 14.0. The largest absolute Gasteiger partial charge is 0.464 e. The number of carbonyl (C=O) groups excluding carboxylic acids is 1. The molecule has 1 aromatic carbocycles. The van der Waals surface area contributed by atoms with E-state index in [0.717, 1.165) is 5.56 Å². The molecule has 4 aromatic rings. The molecule has 0 fully saturated rings. The summed E-state index contributed by atoms with van der Waals surface area (Å²) in [5.74, 6) is -0.621. The van der Waals surface area contributed by atoms with Crippen LogP contribution >= 0.6 is 0 Å². The van der Waals surface area contributed by atoms with Crippen LogP contribution in [0.4, 0.5) is 0 Å². The maximum Gasteiger partial charge on any atom is 0.359 e. The number of fused-ring (bicyclic) bond motifs is 1. The Balaban J connectivity index is 2.10. The molecule has 0 aliphatic rings. The van der Waals surface area contributed by atoms with Gasteiger partial charge in [-0.3, -0.25) is 4.79 Å². The van der Waals surface area contributed by atoms with Gasteiger partial charge < -0.3 is 14.2 Å². The van der Waals surface area contributed by atoms with E-state index in [2.05, 4.69) is 15.2 Å². The summed E-state index contributed by atoms with van der Waals surface area (Å²) in [5.41, 5.74) is 2.86. The lowest BCUT2D eigenvalue weighted by Gasteiger charge is -2.06. The summed E-state index contributed by atoms with van der Waals surface area (Å²) >= 11 is 0. The standard InChI is InChI=1S/C18H14N4O4/c1-10-13(12-8-19-26-9-12)17(23)22-16(20-10)14(11-6-4-3-5-7-11)15(21-22)18(24)25-2/h3-9,20H,1-2H3. The maximum atomic E-state index is 13.0. The maximum absolute atomic E-state index is 13.0. The van der Waals surface area contributed by atoms with Crippen molar-refractivity contribution in [3.05, 3.63) is 64.5 Å². The van der Waals surface area contributed by atoms with E-state index < -0.39 is 5.97 Å². The SMILES string of the molecule is COC(=O)c1nn2c(=O)c(-c3cnoc3)c(C)[nH]c2c1-c1ccccc1. The molecule has 0 saturated carbocycles. The van der Waals surface area contributed by atoms with Crippen LogP contribution in [0.3, 0.4) is 0 Å². The van der Waals surface area contributed by atoms with Crippen molar-refractivity contribution in [1.82, 2.24) is 19.8 Å². The second-order valence-corrected chi connectivity index (χ2v) is 5.68. The lowest BCUT2D eigenvalue weighted by atomic mass is 10.1. The smallest absolute Gasteiger partial charge is 0.359 e. The number of aryl methyl sites for hydroxylation is 1. The van der Waals surface area contributed by atoms with Crippen molar-refractivity contribution < 1.29 is 14.1 Å². The Kier molecular flexibility index (Phi) is 3.65. The van der Waals surface area contributed by atoms with E-state index in [-0.39, 0.29) is 11.3 Å². The summed E-state index contributed by atoms with van der Waals surface area (Å²) in [6, 6.07) is 9.23. The summed E-state index contributed by atoms with van der Waals surface area (Å²) < 4.78 is 10.9. The van der Waals surface area contributed by atoms with Crippen LogP contribution in [0.1, 0.15) is 16.2 Å². The van der Waals surface area contributed by atoms with Gasteiger partial charge in [0.2, 0.25) is 0 Å². The predicted molar refractivity (Wildman–Crippen MR) is 92.8 cm³/mol. The molecule has 0 aliphatic heterocycles. The third-order valence-electron chi connectivity index (χ3n) is 4.13. The zero-order valence-corrected chi connectivity index (χ0v) is 14.0. The van der Waals surface area contributed by atoms with Crippen LogP contribution in [-0.2, 0) is 4.74 Å². The van der Waals surface area contributed by atoms with Crippen LogP contribution in [0.2, 0.25) is 0 Å². The van der Waals surface area contributed by atoms with Gasteiger partial charge in [0, 0.05) is 11.3 Å². The first kappa shape index (κ1) is 15.8. The molecule has 0 saturated heterocycles. The molecular formula is C18H14N4O4. The van der Waals surface area contributed by atoms with Gasteiger partial charge in [0.25, 0.3) is 5.56 Å². The van der Waals surface area contributed by atoms with Crippen LogP contribution in [0.5, 0.6) is 0 Å². The first-order valence-electron chi connectivity index (χ1n) is 7.81. The molecule has 0 spiro atoms. The Hall–Kier alpha value is -3.68. The van der Waals surface area contributed by atoms with Gasteiger partial charge in [0.05, 0.1) is 24.4 Å². The molecule has 3 heterocycles. The average molecular weight is 350 g/mol. The number of rotatable bonds is 3. The summed E-state index contributed by atoms with van der Waals surface area (Å²) in [4.78, 5) is 28.4. The Labute approximate surface area is 147 Å². The van der Waals surface area contributed by atoms with Crippen molar-refractivity contribution in [2.24, 2.45) is 0 Å². The minimum Gasteiger partial charge on any atom is -0.464 e. The fourth-order valence-corrected chi connectivity index (χ4v) is 2.97. The van der Waals surface area contributed by atoms with Crippen LogP contribution in [0.25, 0.3) is 27.9 Å². The van der Waals surface area contributed by atoms with Crippen LogP contribution in [0, 0.1) is 6.92 Å². The third kappa shape index (κ3) is 2.31. The molecular weight excluding hydrogens is 336 g/mol. The van der Waals surface area contributed by atoms with E-state index in [1.807, 2.05) is 30.3 Å². The van der Waals surface area contributed by atoms with Gasteiger partial charge in [-0.05, 0) is 12.5 Å². The van der Waals surface area contributed by atoms with Crippen LogP contribution < -0.4 is 5.56 Å². The highest BCUT2D eigenvalue weighted by Crippen LogP contribution is 2.29. The van der Waals surface area contributed by atoms with Crippen LogP contribution in [-0.4, -0.2) is 32.8 Å². The van der Waals surface area contributed by atoms with E-state index in [9.17, 15) is 9.59 Å². The van der Waals surface area contributed by atoms with E-state index in [1.54, 1.807) is 6.92 Å². The number of hydrogen-bond acceptors (Lipinski definition) is 6.